The van der Waals surface area contributed by atoms with E-state index in [1.165, 1.54) is 22.3 Å². The van der Waals surface area contributed by atoms with Crippen LogP contribution >= 0.6 is 23.6 Å². The molecular formula is C54H56F3N7O9S2. The fourth-order valence-corrected chi connectivity index (χ4v) is 10.8. The fourth-order valence-electron chi connectivity index (χ4n) is 9.51. The van der Waals surface area contributed by atoms with Gasteiger partial charge in [-0.25, -0.2) is 4.98 Å². The number of fused-ring (bicyclic) bond motifs is 1. The Morgan fingerprint density at radius 1 is 0.947 bits per heavy atom. The van der Waals surface area contributed by atoms with E-state index in [2.05, 4.69) is 10.3 Å². The largest absolute Gasteiger partial charge is 0.491 e. The zero-order valence-corrected chi connectivity index (χ0v) is 43.5. The molecule has 0 saturated carbocycles. The maximum absolute atomic E-state index is 14.3. The smallest absolute Gasteiger partial charge is 0.417 e. The predicted octanol–water partition coefficient (Wildman–Crippen LogP) is 7.68. The van der Waals surface area contributed by atoms with Gasteiger partial charge in [-0.2, -0.15) is 18.4 Å². The van der Waals surface area contributed by atoms with Gasteiger partial charge in [0.15, 0.2) is 5.11 Å². The molecule has 394 valence electrons. The number of ether oxygens (including phenoxy) is 4. The van der Waals surface area contributed by atoms with Gasteiger partial charge in [-0.15, -0.1) is 11.3 Å². The molecule has 5 aromatic rings. The van der Waals surface area contributed by atoms with Crippen molar-refractivity contribution in [3.8, 4) is 28.0 Å². The van der Waals surface area contributed by atoms with Crippen LogP contribution in [0.15, 0.2) is 90.4 Å². The zero-order valence-electron chi connectivity index (χ0n) is 41.9. The molecule has 8 rings (SSSR count). The number of aliphatic hydroxyl groups excluding tert-OH is 1. The molecule has 2 saturated heterocycles. The van der Waals surface area contributed by atoms with Crippen LogP contribution in [-0.2, 0) is 43.1 Å². The summed E-state index contributed by atoms with van der Waals surface area (Å²) in [6.45, 7) is 10.6. The molecule has 1 unspecified atom stereocenters. The molecule has 2 N–H and O–H groups in total. The summed E-state index contributed by atoms with van der Waals surface area (Å²) in [7, 11) is 0. The van der Waals surface area contributed by atoms with Crippen molar-refractivity contribution >= 4 is 63.7 Å². The summed E-state index contributed by atoms with van der Waals surface area (Å²) >= 11 is 7.13. The number of aromatic nitrogens is 1. The molecule has 1 aromatic heterocycles. The van der Waals surface area contributed by atoms with Crippen LogP contribution in [0.25, 0.3) is 10.4 Å². The van der Waals surface area contributed by atoms with E-state index >= 15 is 0 Å². The summed E-state index contributed by atoms with van der Waals surface area (Å²) in [6, 6.07) is 22.5. The Kier molecular flexibility index (Phi) is 16.6. The maximum atomic E-state index is 14.3. The minimum absolute atomic E-state index is 0.0206. The van der Waals surface area contributed by atoms with Gasteiger partial charge >= 0.3 is 6.18 Å². The number of benzene rings is 4. The quantitative estimate of drug-likeness (QED) is 0.0572. The van der Waals surface area contributed by atoms with Crippen molar-refractivity contribution in [2.24, 2.45) is 5.92 Å². The third-order valence-electron chi connectivity index (χ3n) is 13.3. The van der Waals surface area contributed by atoms with E-state index in [1.54, 1.807) is 71.6 Å². The Morgan fingerprint density at radius 2 is 1.63 bits per heavy atom. The minimum Gasteiger partial charge on any atom is -0.491 e. The molecular weight excluding hydrogens is 1010 g/mol. The topological polar surface area (TPSA) is 187 Å². The number of hydrogen-bond donors (Lipinski definition) is 2. The SMILES string of the molecule is Cc1ncsc1-c1ccc(CNC(=O)[C@@H]2C[C@H](O)CN2C(=O)C(C(C)C)N2Cc3ccccc3C2=O)c(OCCOCCOCCOc2ccc(N3C(=S)N(c4ccc(C#N)c(C(F)(F)F)c4)C(=O)C3(C)C)cc2)c1. The first-order chi connectivity index (χ1) is 35.8. The van der Waals surface area contributed by atoms with Gasteiger partial charge in [0.25, 0.3) is 11.8 Å². The summed E-state index contributed by atoms with van der Waals surface area (Å²) in [5.41, 5.74) is 3.04. The molecule has 16 nitrogen and oxygen atoms in total. The highest BCUT2D eigenvalue weighted by molar-refractivity contribution is 7.81. The van der Waals surface area contributed by atoms with E-state index in [0.717, 1.165) is 38.7 Å². The fraction of sp³-hybridized carbons (Fsp3) is 0.389. The number of halogens is 3. The number of amides is 4. The Balaban J connectivity index is 0.797. The van der Waals surface area contributed by atoms with E-state index in [1.807, 2.05) is 51.1 Å². The Morgan fingerprint density at radius 3 is 2.28 bits per heavy atom. The van der Waals surface area contributed by atoms with Crippen LogP contribution < -0.4 is 24.6 Å². The third kappa shape index (κ3) is 11.6. The Hall–Kier alpha value is -6.96. The summed E-state index contributed by atoms with van der Waals surface area (Å²) in [6.07, 6.45) is -5.67. The molecule has 3 aliphatic rings. The van der Waals surface area contributed by atoms with Crippen LogP contribution in [0.3, 0.4) is 0 Å². The Labute approximate surface area is 441 Å². The van der Waals surface area contributed by atoms with Crippen molar-refractivity contribution in [2.75, 3.05) is 56.0 Å². The lowest BCUT2D eigenvalue weighted by atomic mass is 10.0. The second-order valence-corrected chi connectivity index (χ2v) is 20.3. The number of thiocarbonyl (C=S) groups is 1. The van der Waals surface area contributed by atoms with Gasteiger partial charge < -0.3 is 44.1 Å². The Bertz CT molecular complexity index is 3000. The van der Waals surface area contributed by atoms with E-state index in [0.29, 0.717) is 28.3 Å². The number of nitrogens with zero attached hydrogens (tertiary/aromatic N) is 6. The van der Waals surface area contributed by atoms with E-state index in [-0.39, 0.29) is 94.2 Å². The molecule has 75 heavy (non-hydrogen) atoms. The summed E-state index contributed by atoms with van der Waals surface area (Å²) < 4.78 is 64.9. The average molecular weight is 1070 g/mol. The van der Waals surface area contributed by atoms with Crippen molar-refractivity contribution < 1.29 is 56.4 Å². The number of nitriles is 1. The zero-order chi connectivity index (χ0) is 53.8. The predicted molar refractivity (Wildman–Crippen MR) is 277 cm³/mol. The first-order valence-electron chi connectivity index (χ1n) is 24.3. The lowest BCUT2D eigenvalue weighted by Crippen LogP contribution is -2.55. The second kappa shape index (κ2) is 22.9. The van der Waals surface area contributed by atoms with Crippen LogP contribution in [0.4, 0.5) is 24.5 Å². The van der Waals surface area contributed by atoms with Gasteiger partial charge in [-0.05, 0) is 105 Å². The number of carbonyl (C=O) groups excluding carboxylic acids is 4. The normalized spacial score (nSPS) is 17.7. The van der Waals surface area contributed by atoms with Gasteiger partial charge in [0.05, 0.1) is 71.5 Å². The molecule has 0 spiro atoms. The number of likely N-dealkylation sites (tertiary alicyclic amines) is 1. The van der Waals surface area contributed by atoms with Crippen LogP contribution in [0, 0.1) is 24.2 Å². The number of thiazole rings is 1. The van der Waals surface area contributed by atoms with Crippen molar-refractivity contribution in [1.82, 2.24) is 20.1 Å². The van der Waals surface area contributed by atoms with Gasteiger partial charge in [-0.1, -0.05) is 44.2 Å². The number of nitrogens with one attached hydrogen (secondary N) is 1. The highest BCUT2D eigenvalue weighted by Gasteiger charge is 2.51. The molecule has 4 amide bonds. The van der Waals surface area contributed by atoms with Crippen LogP contribution in [-0.4, -0.2) is 119 Å². The van der Waals surface area contributed by atoms with Gasteiger partial charge in [0.2, 0.25) is 11.8 Å². The highest BCUT2D eigenvalue weighted by Crippen LogP contribution is 2.40. The monoisotopic (exact) mass is 1070 g/mol. The number of rotatable bonds is 20. The molecule has 0 aliphatic carbocycles. The number of aliphatic hydroxyl groups is 1. The van der Waals surface area contributed by atoms with Crippen molar-refractivity contribution in [3.05, 3.63) is 124 Å². The number of alkyl halides is 3. The van der Waals surface area contributed by atoms with Crippen LogP contribution in [0.5, 0.6) is 11.5 Å². The maximum Gasteiger partial charge on any atom is 0.417 e. The second-order valence-electron chi connectivity index (χ2n) is 19.1. The first-order valence-corrected chi connectivity index (χ1v) is 25.6. The lowest BCUT2D eigenvalue weighted by molar-refractivity contribution is -0.143. The molecule has 4 aromatic carbocycles. The first kappa shape index (κ1) is 54.3. The van der Waals surface area contributed by atoms with Gasteiger partial charge in [-0.3, -0.25) is 24.1 Å². The van der Waals surface area contributed by atoms with E-state index in [9.17, 15) is 42.7 Å². The molecule has 0 radical (unpaired) electrons. The van der Waals surface area contributed by atoms with E-state index < -0.39 is 52.8 Å². The van der Waals surface area contributed by atoms with Crippen molar-refractivity contribution in [3.63, 3.8) is 0 Å². The number of hydrogen-bond acceptors (Lipinski definition) is 13. The molecule has 3 atom stereocenters. The van der Waals surface area contributed by atoms with Gasteiger partial charge in [0.1, 0.15) is 42.3 Å². The van der Waals surface area contributed by atoms with Crippen molar-refractivity contribution in [1.29, 1.82) is 5.26 Å². The average Bonchev–Trinajstić information content (AvgIpc) is 4.14. The number of anilines is 2. The standard InChI is InChI=1S/C54H56F3N7O9S2/c1-32(2)46(62-29-37-8-6-7-9-42(37)49(62)67)50(68)61-30-40(65)26-44(61)48(66)59-28-36-11-10-34(47-33(3)60-31-75-47)24-45(36)73-23-21-71-19-18-70-20-22-72-41-16-14-38(15-17-41)64-52(74)63(51(69)53(64,4)5)39-13-12-35(27-58)43(25-39)54(55,56)57/h6-17,24-25,31-32,40,44,46,65H,18-23,26,28-30H2,1-5H3,(H,59,66)/t40-,44-,46?/m0/s1. The van der Waals surface area contributed by atoms with Crippen LogP contribution in [0.1, 0.15) is 72.4 Å². The van der Waals surface area contributed by atoms with Gasteiger partial charge in [0, 0.05) is 42.9 Å². The number of carbonyl (C=O) groups is 4. The summed E-state index contributed by atoms with van der Waals surface area (Å²) in [5, 5.41) is 22.9. The summed E-state index contributed by atoms with van der Waals surface area (Å²) in [5.74, 6) is -0.821. The van der Waals surface area contributed by atoms with Crippen LogP contribution in [0.2, 0.25) is 0 Å². The molecule has 4 heterocycles. The minimum atomic E-state index is -4.81. The number of aryl methyl sites for hydroxylation is 1. The molecule has 3 aliphatic heterocycles. The number of β-amino-alcohol motifs (C(OH)–C–C–N with tert-alkyl or cyclic N) is 1. The third-order valence-corrected chi connectivity index (χ3v) is 14.6. The molecule has 2 fully saturated rings. The van der Waals surface area contributed by atoms with E-state index in [4.69, 9.17) is 31.2 Å². The highest BCUT2D eigenvalue weighted by atomic mass is 32.1. The lowest BCUT2D eigenvalue weighted by Gasteiger charge is -2.35. The molecule has 21 heteroatoms. The summed E-state index contributed by atoms with van der Waals surface area (Å²) in [4.78, 5) is 66.1. The molecule has 0 bridgehead atoms. The van der Waals surface area contributed by atoms with Crippen molar-refractivity contribution in [2.45, 2.75) is 84.0 Å².